The fraction of sp³-hybridized carbons (Fsp3) is 0.273. The van der Waals surface area contributed by atoms with Crippen molar-refractivity contribution in [2.45, 2.75) is 19.4 Å². The molecule has 0 fully saturated rings. The molecule has 2 rings (SSSR count). The van der Waals surface area contributed by atoms with E-state index in [0.717, 1.165) is 6.42 Å². The third-order valence-corrected chi connectivity index (χ3v) is 3.47. The molecule has 1 aromatic carbocycles. The number of nitrogens with one attached hydrogen (secondary N) is 1. The number of benzene rings is 1. The summed E-state index contributed by atoms with van der Waals surface area (Å²) in [5.74, 6) is 5.53. The van der Waals surface area contributed by atoms with Crippen LogP contribution in [-0.2, 0) is 0 Å². The Labute approximate surface area is 87.7 Å². The molecule has 3 N–H and O–H groups in total. The molecule has 74 valence electrons. The van der Waals surface area contributed by atoms with E-state index in [1.165, 1.54) is 15.6 Å². The van der Waals surface area contributed by atoms with Crippen LogP contribution in [0, 0.1) is 0 Å². The van der Waals surface area contributed by atoms with Crippen LogP contribution < -0.4 is 11.3 Å². The van der Waals surface area contributed by atoms with Crippen molar-refractivity contribution in [1.29, 1.82) is 0 Å². The first-order chi connectivity index (χ1) is 6.86. The summed E-state index contributed by atoms with van der Waals surface area (Å²) in [6.07, 6.45) is 1.01. The van der Waals surface area contributed by atoms with Crippen LogP contribution in [0.15, 0.2) is 29.6 Å². The van der Waals surface area contributed by atoms with Crippen LogP contribution in [0.4, 0.5) is 0 Å². The summed E-state index contributed by atoms with van der Waals surface area (Å²) in [4.78, 5) is 0. The predicted molar refractivity (Wildman–Crippen MR) is 62.2 cm³/mol. The highest BCUT2D eigenvalue weighted by atomic mass is 32.1. The van der Waals surface area contributed by atoms with Gasteiger partial charge in [-0.25, -0.2) is 0 Å². The van der Waals surface area contributed by atoms with Crippen LogP contribution in [0.5, 0.6) is 0 Å². The first-order valence-electron chi connectivity index (χ1n) is 4.79. The van der Waals surface area contributed by atoms with Gasteiger partial charge in [-0.05, 0) is 28.8 Å². The predicted octanol–water partition coefficient (Wildman–Crippen LogP) is 2.82. The van der Waals surface area contributed by atoms with Crippen molar-refractivity contribution >= 4 is 21.4 Å². The second-order valence-corrected chi connectivity index (χ2v) is 4.23. The maximum atomic E-state index is 5.53. The Hall–Kier alpha value is -0.900. The summed E-state index contributed by atoms with van der Waals surface area (Å²) >= 11 is 1.78. The van der Waals surface area contributed by atoms with Crippen molar-refractivity contribution in [3.05, 3.63) is 35.2 Å². The first kappa shape index (κ1) is 9.65. The molecule has 14 heavy (non-hydrogen) atoms. The van der Waals surface area contributed by atoms with Crippen molar-refractivity contribution in [3.8, 4) is 0 Å². The number of hydrogen-bond acceptors (Lipinski definition) is 3. The van der Waals surface area contributed by atoms with Gasteiger partial charge in [-0.2, -0.15) is 0 Å². The minimum atomic E-state index is 0.261. The summed E-state index contributed by atoms with van der Waals surface area (Å²) in [6, 6.07) is 8.78. The zero-order chi connectivity index (χ0) is 9.97. The highest BCUT2D eigenvalue weighted by Gasteiger charge is 2.10. The summed E-state index contributed by atoms with van der Waals surface area (Å²) < 4.78 is 1.34. The van der Waals surface area contributed by atoms with E-state index >= 15 is 0 Å². The molecule has 3 heteroatoms. The smallest absolute Gasteiger partial charge is 0.0471 e. The van der Waals surface area contributed by atoms with E-state index in [4.69, 9.17) is 5.84 Å². The topological polar surface area (TPSA) is 38.0 Å². The van der Waals surface area contributed by atoms with E-state index in [1.54, 1.807) is 11.3 Å². The Morgan fingerprint density at radius 2 is 2.29 bits per heavy atom. The van der Waals surface area contributed by atoms with Gasteiger partial charge in [0.1, 0.15) is 0 Å². The lowest BCUT2D eigenvalue weighted by Gasteiger charge is -2.14. The van der Waals surface area contributed by atoms with Gasteiger partial charge in [0.15, 0.2) is 0 Å². The SMILES string of the molecule is CCC(NN)c1cccc2ccsc12. The number of nitrogens with two attached hydrogens (primary N) is 1. The van der Waals surface area contributed by atoms with Crippen molar-refractivity contribution in [2.75, 3.05) is 0 Å². The molecule has 2 nitrogen and oxygen atoms in total. The molecule has 1 heterocycles. The molecule has 0 saturated heterocycles. The molecule has 1 unspecified atom stereocenters. The van der Waals surface area contributed by atoms with E-state index in [0.29, 0.717) is 0 Å². The lowest BCUT2D eigenvalue weighted by Crippen LogP contribution is -2.27. The highest BCUT2D eigenvalue weighted by Crippen LogP contribution is 2.29. The summed E-state index contributed by atoms with van der Waals surface area (Å²) in [7, 11) is 0. The minimum absolute atomic E-state index is 0.261. The number of thiophene rings is 1. The number of hydrazine groups is 1. The zero-order valence-electron chi connectivity index (χ0n) is 8.16. The second kappa shape index (κ2) is 4.09. The molecular formula is C11H14N2S. The second-order valence-electron chi connectivity index (χ2n) is 3.31. The van der Waals surface area contributed by atoms with Crippen molar-refractivity contribution in [2.24, 2.45) is 5.84 Å². The molecular weight excluding hydrogens is 192 g/mol. The number of fused-ring (bicyclic) bond motifs is 1. The first-order valence-corrected chi connectivity index (χ1v) is 5.67. The van der Waals surface area contributed by atoms with Crippen molar-refractivity contribution < 1.29 is 0 Å². The van der Waals surface area contributed by atoms with Gasteiger partial charge in [-0.15, -0.1) is 11.3 Å². The molecule has 0 aliphatic heterocycles. The van der Waals surface area contributed by atoms with Crippen LogP contribution in [0.3, 0.4) is 0 Å². The number of rotatable bonds is 3. The standard InChI is InChI=1S/C11H14N2S/c1-2-10(13-12)9-5-3-4-8-6-7-14-11(8)9/h3-7,10,13H,2,12H2,1H3. The third-order valence-electron chi connectivity index (χ3n) is 2.49. The molecule has 0 saturated carbocycles. The summed E-state index contributed by atoms with van der Waals surface area (Å²) in [5.41, 5.74) is 4.16. The van der Waals surface area contributed by atoms with E-state index in [2.05, 4.69) is 42.0 Å². The summed E-state index contributed by atoms with van der Waals surface area (Å²) in [5, 5.41) is 3.43. The Morgan fingerprint density at radius 1 is 1.43 bits per heavy atom. The average molecular weight is 206 g/mol. The molecule has 0 amide bonds. The Bertz CT molecular complexity index is 418. The molecule has 1 aromatic heterocycles. The molecule has 1 atom stereocenters. The number of hydrogen-bond donors (Lipinski definition) is 2. The molecule has 0 aliphatic carbocycles. The van der Waals surface area contributed by atoms with Gasteiger partial charge in [0.2, 0.25) is 0 Å². The van der Waals surface area contributed by atoms with Gasteiger partial charge in [0, 0.05) is 10.7 Å². The van der Waals surface area contributed by atoms with Gasteiger partial charge >= 0.3 is 0 Å². The van der Waals surface area contributed by atoms with Gasteiger partial charge < -0.3 is 0 Å². The fourth-order valence-corrected chi connectivity index (χ4v) is 2.69. The lowest BCUT2D eigenvalue weighted by molar-refractivity contribution is 0.543. The fourth-order valence-electron chi connectivity index (χ4n) is 1.72. The van der Waals surface area contributed by atoms with Crippen LogP contribution in [0.1, 0.15) is 24.9 Å². The quantitative estimate of drug-likeness (QED) is 0.598. The molecule has 0 spiro atoms. The highest BCUT2D eigenvalue weighted by molar-refractivity contribution is 7.17. The van der Waals surface area contributed by atoms with Crippen LogP contribution in [0.25, 0.3) is 10.1 Å². The van der Waals surface area contributed by atoms with Crippen molar-refractivity contribution in [1.82, 2.24) is 5.43 Å². The Balaban J connectivity index is 2.54. The Kier molecular flexibility index (Phi) is 2.82. The summed E-state index contributed by atoms with van der Waals surface area (Å²) in [6.45, 7) is 2.14. The third kappa shape index (κ3) is 1.54. The van der Waals surface area contributed by atoms with E-state index in [1.807, 2.05) is 0 Å². The van der Waals surface area contributed by atoms with Crippen molar-refractivity contribution in [3.63, 3.8) is 0 Å². The van der Waals surface area contributed by atoms with E-state index in [9.17, 15) is 0 Å². The van der Waals surface area contributed by atoms with Crippen LogP contribution >= 0.6 is 11.3 Å². The molecule has 0 aliphatic rings. The van der Waals surface area contributed by atoms with Crippen LogP contribution in [0.2, 0.25) is 0 Å². The average Bonchev–Trinajstić information content (AvgIpc) is 2.68. The Morgan fingerprint density at radius 3 is 3.00 bits per heavy atom. The van der Waals surface area contributed by atoms with Gasteiger partial charge in [0.25, 0.3) is 0 Å². The van der Waals surface area contributed by atoms with E-state index < -0.39 is 0 Å². The zero-order valence-corrected chi connectivity index (χ0v) is 8.97. The van der Waals surface area contributed by atoms with Gasteiger partial charge in [0.05, 0.1) is 0 Å². The maximum Gasteiger partial charge on any atom is 0.0471 e. The largest absolute Gasteiger partial charge is 0.271 e. The van der Waals surface area contributed by atoms with Crippen LogP contribution in [-0.4, -0.2) is 0 Å². The molecule has 2 aromatic rings. The molecule has 0 bridgehead atoms. The van der Waals surface area contributed by atoms with E-state index in [-0.39, 0.29) is 6.04 Å². The van der Waals surface area contributed by atoms with Gasteiger partial charge in [-0.1, -0.05) is 25.1 Å². The lowest BCUT2D eigenvalue weighted by atomic mass is 10.0. The molecule has 0 radical (unpaired) electrons. The van der Waals surface area contributed by atoms with Gasteiger partial charge in [-0.3, -0.25) is 11.3 Å². The maximum absolute atomic E-state index is 5.53. The normalized spacial score (nSPS) is 13.3. The monoisotopic (exact) mass is 206 g/mol. The minimum Gasteiger partial charge on any atom is -0.271 e.